The first-order valence-corrected chi connectivity index (χ1v) is 8.04. The molecule has 0 N–H and O–H groups in total. The van der Waals surface area contributed by atoms with E-state index in [2.05, 4.69) is 17.6 Å². The van der Waals surface area contributed by atoms with E-state index in [1.165, 1.54) is 0 Å². The van der Waals surface area contributed by atoms with Crippen LogP contribution in [0.25, 0.3) is 5.57 Å². The van der Waals surface area contributed by atoms with Crippen molar-refractivity contribution in [1.29, 1.82) is 0 Å². The molecule has 2 aromatic carbocycles. The Balaban J connectivity index is 1.98. The lowest BCUT2D eigenvalue weighted by Gasteiger charge is -2.07. The number of nitrogens with zero attached hydrogens (tertiary/aromatic N) is 1. The normalized spacial score (nSPS) is 11.3. The fourth-order valence-corrected chi connectivity index (χ4v) is 2.64. The fourth-order valence-electron chi connectivity index (χ4n) is 2.64. The van der Waals surface area contributed by atoms with Crippen LogP contribution >= 0.6 is 0 Å². The van der Waals surface area contributed by atoms with Gasteiger partial charge in [0.25, 0.3) is 0 Å². The molecule has 2 heteroatoms. The van der Waals surface area contributed by atoms with Crippen LogP contribution in [0.15, 0.2) is 91.1 Å². The zero-order chi connectivity index (χ0) is 16.8. The molecule has 3 rings (SSSR count). The zero-order valence-corrected chi connectivity index (χ0v) is 13.7. The lowest BCUT2D eigenvalue weighted by molar-refractivity contribution is -0.690. The van der Waals surface area contributed by atoms with Gasteiger partial charge in [-0.2, -0.15) is 4.57 Å². The standard InChI is InChI=1S/C22H20NO/c1-18-10-8-9-15-23(18)17-21(19-11-4-2-5-12-19)16-22(24)20-13-6-3-7-14-20/h2-16H,17H2,1H3/q+1/b21-16+. The summed E-state index contributed by atoms with van der Waals surface area (Å²) in [6, 6.07) is 25.6. The number of pyridine rings is 1. The van der Waals surface area contributed by atoms with Crippen molar-refractivity contribution in [3.05, 3.63) is 108 Å². The molecule has 0 saturated carbocycles. The number of hydrogen-bond acceptors (Lipinski definition) is 1. The molecule has 118 valence electrons. The van der Waals surface area contributed by atoms with Crippen molar-refractivity contribution in [2.24, 2.45) is 0 Å². The molecule has 2 nitrogen and oxygen atoms in total. The SMILES string of the molecule is Cc1cccc[n+]1C/C(=C\C(=O)c1ccccc1)c1ccccc1. The Labute approximate surface area is 142 Å². The van der Waals surface area contributed by atoms with Crippen molar-refractivity contribution in [3.63, 3.8) is 0 Å². The van der Waals surface area contributed by atoms with Crippen LogP contribution in [-0.4, -0.2) is 5.78 Å². The Morgan fingerprint density at radius 3 is 2.04 bits per heavy atom. The minimum absolute atomic E-state index is 0.0311. The predicted octanol–water partition coefficient (Wildman–Crippen LogP) is 4.25. The summed E-state index contributed by atoms with van der Waals surface area (Å²) in [5.41, 5.74) is 3.94. The summed E-state index contributed by atoms with van der Waals surface area (Å²) in [5, 5.41) is 0. The third kappa shape index (κ3) is 3.85. The topological polar surface area (TPSA) is 20.9 Å². The number of aryl methyl sites for hydroxylation is 1. The van der Waals surface area contributed by atoms with Crippen LogP contribution < -0.4 is 4.57 Å². The zero-order valence-electron chi connectivity index (χ0n) is 13.7. The highest BCUT2D eigenvalue weighted by Gasteiger charge is 2.13. The van der Waals surface area contributed by atoms with Gasteiger partial charge in [0.15, 0.2) is 24.2 Å². The first kappa shape index (κ1) is 15.9. The summed E-state index contributed by atoms with van der Waals surface area (Å²) in [4.78, 5) is 12.6. The van der Waals surface area contributed by atoms with Crippen LogP contribution in [0, 0.1) is 6.92 Å². The van der Waals surface area contributed by atoms with Crippen molar-refractivity contribution >= 4 is 11.4 Å². The number of aromatic nitrogens is 1. The van der Waals surface area contributed by atoms with Gasteiger partial charge in [0.2, 0.25) is 0 Å². The van der Waals surface area contributed by atoms with Crippen LogP contribution in [0.2, 0.25) is 0 Å². The molecule has 0 amide bonds. The van der Waals surface area contributed by atoms with Crippen molar-refractivity contribution in [2.45, 2.75) is 13.5 Å². The molecule has 0 atom stereocenters. The maximum Gasteiger partial charge on any atom is 0.186 e. The van der Waals surface area contributed by atoms with Gasteiger partial charge in [-0.05, 0) is 11.6 Å². The van der Waals surface area contributed by atoms with Crippen LogP contribution in [0.1, 0.15) is 21.6 Å². The highest BCUT2D eigenvalue weighted by molar-refractivity contribution is 6.08. The maximum atomic E-state index is 12.6. The summed E-state index contributed by atoms with van der Waals surface area (Å²) >= 11 is 0. The molecule has 0 radical (unpaired) electrons. The summed E-state index contributed by atoms with van der Waals surface area (Å²) in [7, 11) is 0. The molecule has 0 fully saturated rings. The van der Waals surface area contributed by atoms with Crippen LogP contribution in [-0.2, 0) is 6.54 Å². The highest BCUT2D eigenvalue weighted by Crippen LogP contribution is 2.16. The molecule has 0 aliphatic carbocycles. The number of allylic oxidation sites excluding steroid dienone is 2. The number of hydrogen-bond donors (Lipinski definition) is 0. The Morgan fingerprint density at radius 2 is 1.42 bits per heavy atom. The second-order valence-electron chi connectivity index (χ2n) is 5.74. The van der Waals surface area contributed by atoms with Crippen LogP contribution in [0.3, 0.4) is 0 Å². The lowest BCUT2D eigenvalue weighted by atomic mass is 10.0. The molecule has 0 spiro atoms. The third-order valence-corrected chi connectivity index (χ3v) is 4.02. The van der Waals surface area contributed by atoms with Crippen molar-refractivity contribution in [2.75, 3.05) is 0 Å². The number of rotatable bonds is 5. The van der Waals surface area contributed by atoms with Gasteiger partial charge in [0.05, 0.1) is 0 Å². The molecule has 24 heavy (non-hydrogen) atoms. The van der Waals surface area contributed by atoms with E-state index < -0.39 is 0 Å². The second-order valence-corrected chi connectivity index (χ2v) is 5.74. The molecular formula is C22H20NO+. The summed E-state index contributed by atoms with van der Waals surface area (Å²) < 4.78 is 2.15. The first-order chi connectivity index (χ1) is 11.7. The van der Waals surface area contributed by atoms with Gasteiger partial charge >= 0.3 is 0 Å². The Morgan fingerprint density at radius 1 is 0.833 bits per heavy atom. The van der Waals surface area contributed by atoms with Crippen LogP contribution in [0.5, 0.6) is 0 Å². The predicted molar refractivity (Wildman–Crippen MR) is 96.6 cm³/mol. The molecule has 1 heterocycles. The molecule has 3 aromatic rings. The summed E-state index contributed by atoms with van der Waals surface area (Å²) in [6.07, 6.45) is 3.79. The van der Waals surface area contributed by atoms with E-state index in [-0.39, 0.29) is 5.78 Å². The van der Waals surface area contributed by atoms with Crippen molar-refractivity contribution < 1.29 is 9.36 Å². The van der Waals surface area contributed by atoms with Gasteiger partial charge in [-0.3, -0.25) is 4.79 Å². The van der Waals surface area contributed by atoms with E-state index >= 15 is 0 Å². The van der Waals surface area contributed by atoms with Crippen molar-refractivity contribution in [3.8, 4) is 0 Å². The van der Waals surface area contributed by atoms with Gasteiger partial charge in [0, 0.05) is 30.2 Å². The number of carbonyl (C=O) groups is 1. The minimum atomic E-state index is 0.0311. The summed E-state index contributed by atoms with van der Waals surface area (Å²) in [5.74, 6) is 0.0311. The molecule has 0 aliphatic heterocycles. The third-order valence-electron chi connectivity index (χ3n) is 4.02. The van der Waals surface area contributed by atoms with E-state index in [4.69, 9.17) is 0 Å². The van der Waals surface area contributed by atoms with Gasteiger partial charge in [-0.1, -0.05) is 66.7 Å². The van der Waals surface area contributed by atoms with Gasteiger partial charge in [0.1, 0.15) is 0 Å². The first-order valence-electron chi connectivity index (χ1n) is 8.04. The number of carbonyl (C=O) groups excluding carboxylic acids is 1. The number of ketones is 1. The maximum absolute atomic E-state index is 12.6. The Kier molecular flexibility index (Phi) is 4.97. The molecule has 0 saturated heterocycles. The van der Waals surface area contributed by atoms with Crippen molar-refractivity contribution in [1.82, 2.24) is 0 Å². The monoisotopic (exact) mass is 314 g/mol. The lowest BCUT2D eigenvalue weighted by Crippen LogP contribution is -2.37. The Bertz CT molecular complexity index is 851. The molecule has 0 unspecified atom stereocenters. The van der Waals surface area contributed by atoms with Gasteiger partial charge < -0.3 is 0 Å². The molecule has 0 bridgehead atoms. The highest BCUT2D eigenvalue weighted by atomic mass is 16.1. The van der Waals surface area contributed by atoms with Gasteiger partial charge in [-0.15, -0.1) is 0 Å². The Hall–Kier alpha value is -3.00. The second kappa shape index (κ2) is 7.51. The average Bonchev–Trinajstić information content (AvgIpc) is 2.64. The fraction of sp³-hybridized carbons (Fsp3) is 0.0909. The summed E-state index contributed by atoms with van der Waals surface area (Å²) in [6.45, 7) is 2.73. The molecule has 1 aromatic heterocycles. The van der Waals surface area contributed by atoms with Crippen LogP contribution in [0.4, 0.5) is 0 Å². The van der Waals surface area contributed by atoms with E-state index in [1.807, 2.05) is 79.0 Å². The van der Waals surface area contributed by atoms with E-state index in [0.717, 1.165) is 16.8 Å². The molecule has 0 aliphatic rings. The minimum Gasteiger partial charge on any atom is -0.289 e. The smallest absolute Gasteiger partial charge is 0.186 e. The van der Waals surface area contributed by atoms with E-state index in [1.54, 1.807) is 6.08 Å². The van der Waals surface area contributed by atoms with E-state index in [0.29, 0.717) is 12.1 Å². The van der Waals surface area contributed by atoms with Gasteiger partial charge in [-0.25, -0.2) is 0 Å². The molecular weight excluding hydrogens is 294 g/mol. The quantitative estimate of drug-likeness (QED) is 0.392. The average molecular weight is 314 g/mol. The van der Waals surface area contributed by atoms with E-state index in [9.17, 15) is 4.79 Å². The number of benzene rings is 2. The largest absolute Gasteiger partial charge is 0.289 e.